The zero-order valence-electron chi connectivity index (χ0n) is 11.8. The van der Waals surface area contributed by atoms with Crippen LogP contribution in [0.5, 0.6) is 0 Å². The predicted molar refractivity (Wildman–Crippen MR) is 76.3 cm³/mol. The van der Waals surface area contributed by atoms with Gasteiger partial charge in [-0.2, -0.15) is 4.79 Å². The molecule has 0 heterocycles. The molecule has 110 valence electrons. The second-order valence-electron chi connectivity index (χ2n) is 4.35. The molecule has 1 aromatic carbocycles. The van der Waals surface area contributed by atoms with Crippen LogP contribution in [0.1, 0.15) is 12.5 Å². The normalized spacial score (nSPS) is 13.3. The summed E-state index contributed by atoms with van der Waals surface area (Å²) in [6, 6.07) is 9.22. The van der Waals surface area contributed by atoms with E-state index < -0.39 is 29.5 Å². The largest absolute Gasteiger partial charge is 0.460 e. The maximum absolute atomic E-state index is 11.9. The summed E-state index contributed by atoms with van der Waals surface area (Å²) in [5.41, 5.74) is 8.83. The van der Waals surface area contributed by atoms with Gasteiger partial charge in [0, 0.05) is 0 Å². The summed E-state index contributed by atoms with van der Waals surface area (Å²) in [6.45, 7) is 1.43. The second kappa shape index (κ2) is 7.89. The molecule has 6 heteroatoms. The van der Waals surface area contributed by atoms with Crippen LogP contribution in [0, 0.1) is 5.92 Å². The Hall–Kier alpha value is -2.56. The van der Waals surface area contributed by atoms with Gasteiger partial charge >= 0.3 is 11.7 Å². The van der Waals surface area contributed by atoms with Crippen molar-refractivity contribution in [1.29, 1.82) is 0 Å². The second-order valence-corrected chi connectivity index (χ2v) is 4.35. The van der Waals surface area contributed by atoms with Crippen LogP contribution in [0.2, 0.25) is 0 Å². The third-order valence-electron chi connectivity index (χ3n) is 2.92. The average Bonchev–Trinajstić information content (AvgIpc) is 2.53. The Balaban J connectivity index is 2.80. The van der Waals surface area contributed by atoms with Crippen molar-refractivity contribution < 1.29 is 24.2 Å². The molecular weight excluding hydrogens is 272 g/mol. The molecule has 0 aliphatic rings. The lowest BCUT2D eigenvalue weighted by Gasteiger charge is -2.11. The molecule has 0 saturated carbocycles. The van der Waals surface area contributed by atoms with Crippen molar-refractivity contribution in [2.75, 3.05) is 7.11 Å². The number of aliphatic hydroxyl groups is 1. The van der Waals surface area contributed by atoms with Gasteiger partial charge in [-0.25, -0.2) is 4.79 Å². The lowest BCUT2D eigenvalue weighted by atomic mass is 9.95. The van der Waals surface area contributed by atoms with Crippen LogP contribution < -0.4 is 0 Å². The minimum atomic E-state index is -1.13. The Kier molecular flexibility index (Phi) is 6.20. The Morgan fingerprint density at radius 2 is 1.95 bits per heavy atom. The summed E-state index contributed by atoms with van der Waals surface area (Å²) in [6.07, 6.45) is 1.96. The fourth-order valence-electron chi connectivity index (χ4n) is 1.60. The number of hydrogen-bond donors (Lipinski definition) is 1. The van der Waals surface area contributed by atoms with E-state index in [2.05, 4.69) is 9.53 Å². The SMILES string of the molecule is COC(=O)C(=[N+]=[N-])C(=O)C(C)C(O)/C=C/c1ccccc1. The Morgan fingerprint density at radius 3 is 2.48 bits per heavy atom. The summed E-state index contributed by atoms with van der Waals surface area (Å²) in [5, 5.41) is 9.95. The first kappa shape index (κ1) is 16.5. The molecule has 0 radical (unpaired) electrons. The number of methoxy groups -OCH3 is 1. The van der Waals surface area contributed by atoms with Crippen molar-refractivity contribution in [3.05, 3.63) is 47.5 Å². The summed E-state index contributed by atoms with van der Waals surface area (Å²) in [5.74, 6) is -2.79. The number of esters is 1. The number of benzene rings is 1. The van der Waals surface area contributed by atoms with Crippen LogP contribution >= 0.6 is 0 Å². The zero-order chi connectivity index (χ0) is 15.8. The van der Waals surface area contributed by atoms with E-state index in [-0.39, 0.29) is 0 Å². The summed E-state index contributed by atoms with van der Waals surface area (Å²) in [7, 11) is 1.07. The lowest BCUT2D eigenvalue weighted by molar-refractivity contribution is -0.140. The monoisotopic (exact) mass is 288 g/mol. The standard InChI is InChI=1S/C15H16N2O4/c1-10(14(19)13(17-16)15(20)21-2)12(18)9-8-11-6-4-3-5-7-11/h3-10,12,18H,1-2H3/b9-8+. The molecule has 0 bridgehead atoms. The van der Waals surface area contributed by atoms with E-state index in [4.69, 9.17) is 5.53 Å². The number of aliphatic hydroxyl groups excluding tert-OH is 1. The molecule has 0 saturated heterocycles. The van der Waals surface area contributed by atoms with Gasteiger partial charge in [-0.1, -0.05) is 49.4 Å². The lowest BCUT2D eigenvalue weighted by Crippen LogP contribution is -2.35. The highest BCUT2D eigenvalue weighted by Crippen LogP contribution is 2.10. The molecule has 1 N–H and O–H groups in total. The maximum atomic E-state index is 11.9. The van der Waals surface area contributed by atoms with Crippen molar-refractivity contribution in [3.8, 4) is 0 Å². The van der Waals surface area contributed by atoms with Gasteiger partial charge < -0.3 is 15.4 Å². The third kappa shape index (κ3) is 4.49. The highest BCUT2D eigenvalue weighted by molar-refractivity contribution is 6.62. The molecule has 0 aromatic heterocycles. The molecule has 21 heavy (non-hydrogen) atoms. The highest BCUT2D eigenvalue weighted by Gasteiger charge is 2.36. The first-order valence-corrected chi connectivity index (χ1v) is 6.27. The van der Waals surface area contributed by atoms with Gasteiger partial charge in [0.2, 0.25) is 0 Å². The molecule has 2 atom stereocenters. The number of carbonyl (C=O) groups excluding carboxylic acids is 2. The van der Waals surface area contributed by atoms with E-state index in [1.807, 2.05) is 30.3 Å². The number of carbonyl (C=O) groups is 2. The van der Waals surface area contributed by atoms with Gasteiger partial charge in [-0.15, -0.1) is 0 Å². The fourth-order valence-corrected chi connectivity index (χ4v) is 1.60. The van der Waals surface area contributed by atoms with E-state index in [0.717, 1.165) is 12.7 Å². The Morgan fingerprint density at radius 1 is 1.33 bits per heavy atom. The first-order chi connectivity index (χ1) is 10.0. The van der Waals surface area contributed by atoms with Crippen LogP contribution in [-0.2, 0) is 14.3 Å². The minimum absolute atomic E-state index is 0.739. The topological polar surface area (TPSA) is 100 Å². The quantitative estimate of drug-likeness (QED) is 0.278. The van der Waals surface area contributed by atoms with E-state index in [0.29, 0.717) is 0 Å². The van der Waals surface area contributed by atoms with Crippen molar-refractivity contribution in [2.45, 2.75) is 13.0 Å². The number of rotatable bonds is 6. The van der Waals surface area contributed by atoms with Gasteiger partial charge in [-0.05, 0) is 5.56 Å². The number of nitrogens with zero attached hydrogens (tertiary/aromatic N) is 2. The zero-order valence-corrected chi connectivity index (χ0v) is 11.8. The van der Waals surface area contributed by atoms with Gasteiger partial charge in [0.1, 0.15) is 0 Å². The minimum Gasteiger partial charge on any atom is -0.460 e. The Labute approximate surface area is 122 Å². The third-order valence-corrected chi connectivity index (χ3v) is 2.92. The summed E-state index contributed by atoms with van der Waals surface area (Å²) < 4.78 is 4.33. The van der Waals surface area contributed by atoms with Crippen molar-refractivity contribution in [2.24, 2.45) is 5.92 Å². The molecule has 1 rings (SSSR count). The van der Waals surface area contributed by atoms with E-state index >= 15 is 0 Å². The predicted octanol–water partition coefficient (Wildman–Crippen LogP) is 1.11. The summed E-state index contributed by atoms with van der Waals surface area (Å²) in [4.78, 5) is 25.8. The smallest absolute Gasteiger partial charge is 0.441 e. The molecule has 1 aromatic rings. The van der Waals surface area contributed by atoms with Crippen LogP contribution in [0.4, 0.5) is 0 Å². The summed E-state index contributed by atoms with van der Waals surface area (Å²) >= 11 is 0. The maximum Gasteiger partial charge on any atom is 0.441 e. The molecule has 0 aliphatic heterocycles. The van der Waals surface area contributed by atoms with Gasteiger partial charge in [0.25, 0.3) is 5.78 Å². The van der Waals surface area contributed by atoms with E-state index in [1.54, 1.807) is 6.08 Å². The van der Waals surface area contributed by atoms with Crippen LogP contribution in [0.15, 0.2) is 36.4 Å². The number of ether oxygens (including phenoxy) is 1. The number of ketones is 1. The van der Waals surface area contributed by atoms with E-state index in [9.17, 15) is 14.7 Å². The fraction of sp³-hybridized carbons (Fsp3) is 0.267. The van der Waals surface area contributed by atoms with Gasteiger partial charge in [0.15, 0.2) is 0 Å². The number of hydrogen-bond acceptors (Lipinski definition) is 4. The van der Waals surface area contributed by atoms with Gasteiger partial charge in [-0.3, -0.25) is 4.79 Å². The van der Waals surface area contributed by atoms with Crippen molar-refractivity contribution in [3.63, 3.8) is 0 Å². The molecular formula is C15H16N2O4. The van der Waals surface area contributed by atoms with Crippen LogP contribution in [0.25, 0.3) is 11.6 Å². The first-order valence-electron chi connectivity index (χ1n) is 6.27. The van der Waals surface area contributed by atoms with Crippen molar-refractivity contribution in [1.82, 2.24) is 0 Å². The molecule has 6 nitrogen and oxygen atoms in total. The number of Topliss-reactive ketones (excluding diaryl/α,β-unsaturated/α-hetero) is 1. The van der Waals surface area contributed by atoms with Crippen molar-refractivity contribution >= 4 is 23.5 Å². The highest BCUT2D eigenvalue weighted by atomic mass is 16.5. The Bertz CT molecular complexity index is 589. The molecule has 0 spiro atoms. The molecule has 0 fully saturated rings. The van der Waals surface area contributed by atoms with Crippen LogP contribution in [-0.4, -0.2) is 40.6 Å². The van der Waals surface area contributed by atoms with E-state index in [1.165, 1.54) is 13.0 Å². The molecule has 0 aliphatic carbocycles. The molecule has 2 unspecified atom stereocenters. The van der Waals surface area contributed by atoms with Crippen LogP contribution in [0.3, 0.4) is 0 Å². The molecule has 0 amide bonds. The average molecular weight is 288 g/mol. The van der Waals surface area contributed by atoms with Gasteiger partial charge in [0.05, 0.1) is 19.1 Å².